The number of hydrogen-bond acceptors (Lipinski definition) is 4. The van der Waals surface area contributed by atoms with Gasteiger partial charge in [0.25, 0.3) is 0 Å². The van der Waals surface area contributed by atoms with Crippen LogP contribution in [-0.4, -0.2) is 55.7 Å². The average Bonchev–Trinajstić information content (AvgIpc) is 2.87. The number of nitrogens with zero attached hydrogens (tertiary/aromatic N) is 2. The highest BCUT2D eigenvalue weighted by Gasteiger charge is 2.32. The Labute approximate surface area is 232 Å². The number of likely N-dealkylation sites (N-methyl/N-ethyl adjacent to an activating group) is 1. The van der Waals surface area contributed by atoms with E-state index in [1.54, 1.807) is 6.08 Å². The Bertz CT molecular complexity index is 1210. The maximum Gasteiger partial charge on any atom is 0.415 e. The van der Waals surface area contributed by atoms with Gasteiger partial charge in [-0.2, -0.15) is 0 Å². The molecule has 0 N–H and O–H groups in total. The highest BCUT2D eigenvalue weighted by atomic mass is 35.5. The quantitative estimate of drug-likeness (QED) is 0.232. The van der Waals surface area contributed by atoms with Gasteiger partial charge < -0.3 is 19.3 Å². The predicted octanol–water partition coefficient (Wildman–Crippen LogP) is 7.60. The molecular weight excluding hydrogens is 496 g/mol. The Morgan fingerprint density at radius 2 is 1.89 bits per heavy atom. The number of ether oxygens (including phenoxy) is 2. The topological polar surface area (TPSA) is 42.0 Å². The molecule has 1 atom stereocenters. The molecule has 1 amide bonds. The van der Waals surface area contributed by atoms with E-state index in [2.05, 4.69) is 31.4 Å². The predicted molar refractivity (Wildman–Crippen MR) is 158 cm³/mol. The van der Waals surface area contributed by atoms with E-state index in [0.717, 1.165) is 35.4 Å². The minimum Gasteiger partial charge on any atom is -0.492 e. The molecule has 1 aliphatic heterocycles. The molecule has 0 aromatic heterocycles. The van der Waals surface area contributed by atoms with Crippen LogP contribution < -0.4 is 4.74 Å². The van der Waals surface area contributed by atoms with Gasteiger partial charge in [0.1, 0.15) is 18.1 Å². The first-order valence-electron chi connectivity index (χ1n) is 13.0. The van der Waals surface area contributed by atoms with Gasteiger partial charge in [-0.3, -0.25) is 0 Å². The van der Waals surface area contributed by atoms with Gasteiger partial charge in [-0.1, -0.05) is 54.1 Å². The van der Waals surface area contributed by atoms with Crippen molar-refractivity contribution in [2.75, 3.05) is 33.8 Å². The number of rotatable bonds is 10. The molecule has 38 heavy (non-hydrogen) atoms. The summed E-state index contributed by atoms with van der Waals surface area (Å²) in [7, 11) is 4.02. The minimum atomic E-state index is -0.349. The summed E-state index contributed by atoms with van der Waals surface area (Å²) in [6, 6.07) is 13.3. The third-order valence-electron chi connectivity index (χ3n) is 6.67. The third kappa shape index (κ3) is 8.11. The first kappa shape index (κ1) is 29.3. The first-order chi connectivity index (χ1) is 18.2. The van der Waals surface area contributed by atoms with Gasteiger partial charge in [0.15, 0.2) is 0 Å². The summed E-state index contributed by atoms with van der Waals surface area (Å²) in [6.07, 6.45) is 8.56. The standard InChI is InChI=1S/C32H39ClN2O3/c1-7-9-27(37-21-20-34(5)6)10-8-11-31-25(4)29(30-22-26(33)15-14-24(30)3)18-19-35(31)32(36)38-28-16-12-23(2)13-17-28/h7-10,12-17,22,31H,1,11,18-21H2,2-6H3/b10-8-,27-9+. The van der Waals surface area contributed by atoms with Crippen molar-refractivity contribution in [3.05, 3.63) is 106 Å². The van der Waals surface area contributed by atoms with Crippen LogP contribution in [0.2, 0.25) is 5.02 Å². The van der Waals surface area contributed by atoms with Crippen LogP contribution in [0.15, 0.2) is 84.7 Å². The Morgan fingerprint density at radius 3 is 2.58 bits per heavy atom. The molecule has 2 aromatic carbocycles. The van der Waals surface area contributed by atoms with E-state index in [9.17, 15) is 4.79 Å². The van der Waals surface area contributed by atoms with Crippen molar-refractivity contribution in [3.8, 4) is 5.75 Å². The fourth-order valence-corrected chi connectivity index (χ4v) is 4.67. The van der Waals surface area contributed by atoms with Gasteiger partial charge in [0, 0.05) is 18.1 Å². The van der Waals surface area contributed by atoms with Crippen LogP contribution in [0.5, 0.6) is 5.75 Å². The smallest absolute Gasteiger partial charge is 0.415 e. The second kappa shape index (κ2) is 14.0. The number of aryl methyl sites for hydroxylation is 2. The van der Waals surface area contributed by atoms with E-state index < -0.39 is 0 Å². The van der Waals surface area contributed by atoms with Crippen molar-refractivity contribution in [2.24, 2.45) is 0 Å². The van der Waals surface area contributed by atoms with Crippen LogP contribution in [0.1, 0.15) is 36.5 Å². The number of halogens is 1. The molecule has 0 bridgehead atoms. The van der Waals surface area contributed by atoms with Crippen molar-refractivity contribution < 1.29 is 14.3 Å². The molecule has 3 rings (SSSR count). The fourth-order valence-electron chi connectivity index (χ4n) is 4.50. The zero-order valence-electron chi connectivity index (χ0n) is 23.2. The zero-order chi connectivity index (χ0) is 27.7. The van der Waals surface area contributed by atoms with Crippen molar-refractivity contribution in [1.29, 1.82) is 0 Å². The summed E-state index contributed by atoms with van der Waals surface area (Å²) in [5, 5.41) is 0.706. The summed E-state index contributed by atoms with van der Waals surface area (Å²) < 4.78 is 11.7. The number of amides is 1. The highest BCUT2D eigenvalue weighted by molar-refractivity contribution is 6.30. The van der Waals surface area contributed by atoms with Crippen molar-refractivity contribution in [1.82, 2.24) is 9.80 Å². The van der Waals surface area contributed by atoms with Gasteiger partial charge in [-0.25, -0.2) is 4.79 Å². The van der Waals surface area contributed by atoms with Crippen LogP contribution in [0.3, 0.4) is 0 Å². The zero-order valence-corrected chi connectivity index (χ0v) is 23.9. The lowest BCUT2D eigenvalue weighted by Gasteiger charge is -2.37. The van der Waals surface area contributed by atoms with E-state index in [1.807, 2.05) is 80.5 Å². The Kier molecular flexibility index (Phi) is 10.8. The summed E-state index contributed by atoms with van der Waals surface area (Å²) in [5.74, 6) is 1.28. The van der Waals surface area contributed by atoms with Gasteiger partial charge in [-0.15, -0.1) is 0 Å². The van der Waals surface area contributed by atoms with Crippen molar-refractivity contribution in [3.63, 3.8) is 0 Å². The Morgan fingerprint density at radius 1 is 1.16 bits per heavy atom. The molecule has 1 unspecified atom stereocenters. The molecule has 0 saturated heterocycles. The third-order valence-corrected chi connectivity index (χ3v) is 6.91. The molecule has 1 heterocycles. The van der Waals surface area contributed by atoms with Crippen LogP contribution in [0, 0.1) is 13.8 Å². The SMILES string of the molecule is C=C/C=C(\C=C/CC1C(C)=C(c2cc(Cl)ccc2C)CCN1C(=O)Oc1ccc(C)cc1)OCCN(C)C. The fraction of sp³-hybridized carbons (Fsp3) is 0.344. The molecule has 1 aliphatic rings. The van der Waals surface area contributed by atoms with Gasteiger partial charge in [0.05, 0.1) is 6.04 Å². The molecule has 6 heteroatoms. The molecular formula is C32H39ClN2O3. The second-order valence-electron chi connectivity index (χ2n) is 9.86. The Hall–Kier alpha value is -3.28. The molecule has 0 fully saturated rings. The van der Waals surface area contributed by atoms with Crippen LogP contribution >= 0.6 is 11.6 Å². The van der Waals surface area contributed by atoms with E-state index in [0.29, 0.717) is 30.3 Å². The van der Waals surface area contributed by atoms with E-state index >= 15 is 0 Å². The van der Waals surface area contributed by atoms with Crippen LogP contribution in [0.4, 0.5) is 4.79 Å². The second-order valence-corrected chi connectivity index (χ2v) is 10.3. The maximum atomic E-state index is 13.4. The first-order valence-corrected chi connectivity index (χ1v) is 13.4. The normalized spacial score (nSPS) is 16.3. The van der Waals surface area contributed by atoms with E-state index in [4.69, 9.17) is 21.1 Å². The lowest BCUT2D eigenvalue weighted by molar-refractivity contribution is 0.137. The summed E-state index contributed by atoms with van der Waals surface area (Å²) in [5.41, 5.74) is 5.78. The highest BCUT2D eigenvalue weighted by Crippen LogP contribution is 2.36. The number of carbonyl (C=O) groups is 1. The van der Waals surface area contributed by atoms with Crippen LogP contribution in [0.25, 0.3) is 5.57 Å². The number of allylic oxidation sites excluding steroid dienone is 3. The molecule has 202 valence electrons. The summed E-state index contributed by atoms with van der Waals surface area (Å²) >= 11 is 6.36. The van der Waals surface area contributed by atoms with Gasteiger partial charge in [0.2, 0.25) is 0 Å². The molecule has 0 saturated carbocycles. The monoisotopic (exact) mass is 534 g/mol. The minimum absolute atomic E-state index is 0.168. The number of benzene rings is 2. The van der Waals surface area contributed by atoms with E-state index in [-0.39, 0.29) is 12.1 Å². The largest absolute Gasteiger partial charge is 0.492 e. The van der Waals surface area contributed by atoms with Crippen molar-refractivity contribution >= 4 is 23.3 Å². The average molecular weight is 535 g/mol. The number of carbonyl (C=O) groups excluding carboxylic acids is 1. The van der Waals surface area contributed by atoms with Gasteiger partial charge >= 0.3 is 6.09 Å². The lowest BCUT2D eigenvalue weighted by Crippen LogP contribution is -2.45. The van der Waals surface area contributed by atoms with Crippen molar-refractivity contribution in [2.45, 2.75) is 39.7 Å². The lowest BCUT2D eigenvalue weighted by atomic mass is 9.86. The van der Waals surface area contributed by atoms with E-state index in [1.165, 1.54) is 11.1 Å². The van der Waals surface area contributed by atoms with Gasteiger partial charge in [-0.05, 0) is 106 Å². The van der Waals surface area contributed by atoms with Crippen LogP contribution in [-0.2, 0) is 4.74 Å². The summed E-state index contributed by atoms with van der Waals surface area (Å²) in [4.78, 5) is 17.3. The molecule has 2 aromatic rings. The number of hydrogen-bond donors (Lipinski definition) is 0. The molecule has 0 radical (unpaired) electrons. The summed E-state index contributed by atoms with van der Waals surface area (Å²) in [6.45, 7) is 11.9. The maximum absolute atomic E-state index is 13.4. The Balaban J connectivity index is 1.88. The molecule has 0 spiro atoms. The molecule has 0 aliphatic carbocycles. The molecule has 5 nitrogen and oxygen atoms in total.